The molecule has 1 N–H and O–H groups in total. The Bertz CT molecular complexity index is 742. The van der Waals surface area contributed by atoms with Gasteiger partial charge in [-0.3, -0.25) is 0 Å². The van der Waals surface area contributed by atoms with Gasteiger partial charge >= 0.3 is 0 Å². The minimum Gasteiger partial charge on any atom is -0.310 e. The highest BCUT2D eigenvalue weighted by Crippen LogP contribution is 2.19. The van der Waals surface area contributed by atoms with Gasteiger partial charge in [-0.2, -0.15) is 5.10 Å². The van der Waals surface area contributed by atoms with Crippen molar-refractivity contribution in [3.63, 3.8) is 0 Å². The van der Waals surface area contributed by atoms with Crippen molar-refractivity contribution in [1.29, 1.82) is 0 Å². The third-order valence-corrected chi connectivity index (χ3v) is 4.33. The molecule has 4 nitrogen and oxygen atoms in total. The van der Waals surface area contributed by atoms with Crippen molar-refractivity contribution < 1.29 is 0 Å². The summed E-state index contributed by atoms with van der Waals surface area (Å²) >= 11 is 1.81. The van der Waals surface area contributed by atoms with Crippen LogP contribution in [0.15, 0.2) is 30.6 Å². The first-order chi connectivity index (χ1) is 10.1. The highest BCUT2D eigenvalue weighted by atomic mass is 32.1. The van der Waals surface area contributed by atoms with Crippen LogP contribution in [0.2, 0.25) is 0 Å². The largest absolute Gasteiger partial charge is 0.310 e. The summed E-state index contributed by atoms with van der Waals surface area (Å²) in [4.78, 5) is 7.23. The van der Waals surface area contributed by atoms with E-state index in [1.807, 2.05) is 28.4 Å². The van der Waals surface area contributed by atoms with Gasteiger partial charge in [0.1, 0.15) is 0 Å². The van der Waals surface area contributed by atoms with Crippen LogP contribution in [0, 0.1) is 6.92 Å². The van der Waals surface area contributed by atoms with Gasteiger partial charge in [-0.1, -0.05) is 13.8 Å². The fraction of sp³-hybridized carbons (Fsp3) is 0.375. The SMILES string of the molecule is Cc1ccc(Cn2ncc3cc(CNC(C)C)cnc32)s1. The topological polar surface area (TPSA) is 42.7 Å². The first-order valence-corrected chi connectivity index (χ1v) is 8.02. The second-order valence-electron chi connectivity index (χ2n) is 5.61. The third kappa shape index (κ3) is 3.31. The fourth-order valence-electron chi connectivity index (χ4n) is 2.27. The van der Waals surface area contributed by atoms with Crippen molar-refractivity contribution in [3.8, 4) is 0 Å². The molecule has 0 saturated heterocycles. The van der Waals surface area contributed by atoms with Crippen molar-refractivity contribution >= 4 is 22.4 Å². The summed E-state index contributed by atoms with van der Waals surface area (Å²) in [5.41, 5.74) is 2.15. The van der Waals surface area contributed by atoms with Gasteiger partial charge in [-0.25, -0.2) is 9.67 Å². The van der Waals surface area contributed by atoms with Gasteiger partial charge in [0.15, 0.2) is 5.65 Å². The number of hydrogen-bond donors (Lipinski definition) is 1. The molecule has 110 valence electrons. The predicted octanol–water partition coefficient (Wildman–Crippen LogP) is 3.35. The quantitative estimate of drug-likeness (QED) is 0.786. The Labute approximate surface area is 128 Å². The van der Waals surface area contributed by atoms with E-state index in [9.17, 15) is 0 Å². The van der Waals surface area contributed by atoms with Crippen LogP contribution in [0.1, 0.15) is 29.2 Å². The second-order valence-corrected chi connectivity index (χ2v) is 6.98. The molecule has 0 saturated carbocycles. The standard InChI is InChI=1S/C16H20N4S/c1-11(2)17-7-13-6-14-9-19-20(16(14)18-8-13)10-15-5-4-12(3)21-15/h4-6,8-9,11,17H,7,10H2,1-3H3. The van der Waals surface area contributed by atoms with E-state index in [0.29, 0.717) is 6.04 Å². The number of hydrogen-bond acceptors (Lipinski definition) is 4. The maximum Gasteiger partial charge on any atom is 0.158 e. The molecule has 0 aliphatic carbocycles. The summed E-state index contributed by atoms with van der Waals surface area (Å²) in [6, 6.07) is 6.95. The first-order valence-electron chi connectivity index (χ1n) is 7.21. The van der Waals surface area contributed by atoms with Crippen molar-refractivity contribution in [2.45, 2.75) is 39.9 Å². The minimum atomic E-state index is 0.477. The Morgan fingerprint density at radius 1 is 1.29 bits per heavy atom. The Kier molecular flexibility index (Phi) is 4.03. The summed E-state index contributed by atoms with van der Waals surface area (Å²) in [7, 11) is 0. The van der Waals surface area contributed by atoms with Crippen molar-refractivity contribution in [2.75, 3.05) is 0 Å². The van der Waals surface area contributed by atoms with E-state index in [-0.39, 0.29) is 0 Å². The monoisotopic (exact) mass is 300 g/mol. The zero-order valence-electron chi connectivity index (χ0n) is 12.6. The molecule has 3 heterocycles. The Hall–Kier alpha value is -1.72. The smallest absolute Gasteiger partial charge is 0.158 e. The van der Waals surface area contributed by atoms with Gasteiger partial charge in [0, 0.05) is 33.9 Å². The lowest BCUT2D eigenvalue weighted by Crippen LogP contribution is -2.21. The number of nitrogens with zero attached hydrogens (tertiary/aromatic N) is 3. The number of fused-ring (bicyclic) bond motifs is 1. The Morgan fingerprint density at radius 3 is 2.86 bits per heavy atom. The lowest BCUT2D eigenvalue weighted by Gasteiger charge is -2.07. The Morgan fingerprint density at radius 2 is 2.14 bits per heavy atom. The van der Waals surface area contributed by atoms with Crippen LogP contribution in [0.3, 0.4) is 0 Å². The summed E-state index contributed by atoms with van der Waals surface area (Å²) in [5.74, 6) is 0. The molecule has 3 aromatic heterocycles. The number of thiophene rings is 1. The lowest BCUT2D eigenvalue weighted by molar-refractivity contribution is 0.588. The number of aryl methyl sites for hydroxylation is 1. The van der Waals surface area contributed by atoms with Gasteiger partial charge in [-0.15, -0.1) is 11.3 Å². The summed E-state index contributed by atoms with van der Waals surface area (Å²) in [6.45, 7) is 8.05. The fourth-order valence-corrected chi connectivity index (χ4v) is 3.14. The van der Waals surface area contributed by atoms with Gasteiger partial charge in [0.25, 0.3) is 0 Å². The lowest BCUT2D eigenvalue weighted by atomic mass is 10.2. The van der Waals surface area contributed by atoms with Crippen LogP contribution in [0.4, 0.5) is 0 Å². The molecular formula is C16H20N4S. The molecular weight excluding hydrogens is 280 g/mol. The number of nitrogens with one attached hydrogen (secondary N) is 1. The molecule has 0 radical (unpaired) electrons. The molecule has 0 spiro atoms. The third-order valence-electron chi connectivity index (χ3n) is 3.35. The van der Waals surface area contributed by atoms with E-state index in [0.717, 1.165) is 24.1 Å². The predicted molar refractivity (Wildman–Crippen MR) is 87.7 cm³/mol. The van der Waals surface area contributed by atoms with Crippen molar-refractivity contribution in [2.24, 2.45) is 0 Å². The maximum absolute atomic E-state index is 4.59. The zero-order chi connectivity index (χ0) is 14.8. The molecule has 3 rings (SSSR count). The van der Waals surface area contributed by atoms with E-state index < -0.39 is 0 Å². The summed E-state index contributed by atoms with van der Waals surface area (Å²) < 4.78 is 1.97. The highest BCUT2D eigenvalue weighted by Gasteiger charge is 2.07. The van der Waals surface area contributed by atoms with Gasteiger partial charge < -0.3 is 5.32 Å². The van der Waals surface area contributed by atoms with Crippen molar-refractivity contribution in [3.05, 3.63) is 45.9 Å². The van der Waals surface area contributed by atoms with E-state index in [2.05, 4.69) is 54.4 Å². The number of pyridine rings is 1. The van der Waals surface area contributed by atoms with E-state index in [1.165, 1.54) is 15.3 Å². The minimum absolute atomic E-state index is 0.477. The average Bonchev–Trinajstić information content (AvgIpc) is 3.04. The molecule has 0 bridgehead atoms. The molecule has 0 aliphatic heterocycles. The molecule has 0 fully saturated rings. The van der Waals surface area contributed by atoms with Crippen LogP contribution in [0.25, 0.3) is 11.0 Å². The van der Waals surface area contributed by atoms with E-state index in [1.54, 1.807) is 0 Å². The van der Waals surface area contributed by atoms with Crippen molar-refractivity contribution in [1.82, 2.24) is 20.1 Å². The molecule has 21 heavy (non-hydrogen) atoms. The normalized spacial score (nSPS) is 11.6. The Balaban J connectivity index is 1.82. The van der Waals surface area contributed by atoms with Crippen LogP contribution < -0.4 is 5.32 Å². The first kappa shape index (κ1) is 14.2. The molecule has 3 aromatic rings. The van der Waals surface area contributed by atoms with Crippen LogP contribution in [-0.2, 0) is 13.1 Å². The van der Waals surface area contributed by atoms with Crippen LogP contribution >= 0.6 is 11.3 Å². The highest BCUT2D eigenvalue weighted by molar-refractivity contribution is 7.11. The van der Waals surface area contributed by atoms with Gasteiger partial charge in [-0.05, 0) is 30.7 Å². The molecule has 0 amide bonds. The van der Waals surface area contributed by atoms with Crippen LogP contribution in [-0.4, -0.2) is 20.8 Å². The molecule has 0 unspecified atom stereocenters. The summed E-state index contributed by atoms with van der Waals surface area (Å²) in [6.07, 6.45) is 3.84. The molecule has 0 aromatic carbocycles. The van der Waals surface area contributed by atoms with E-state index >= 15 is 0 Å². The molecule has 0 atom stereocenters. The van der Waals surface area contributed by atoms with Gasteiger partial charge in [0.2, 0.25) is 0 Å². The van der Waals surface area contributed by atoms with Gasteiger partial charge in [0.05, 0.1) is 12.7 Å². The number of aromatic nitrogens is 3. The zero-order valence-corrected chi connectivity index (χ0v) is 13.4. The van der Waals surface area contributed by atoms with Crippen LogP contribution in [0.5, 0.6) is 0 Å². The molecule has 0 aliphatic rings. The summed E-state index contributed by atoms with van der Waals surface area (Å²) in [5, 5.41) is 8.99. The average molecular weight is 300 g/mol. The van der Waals surface area contributed by atoms with E-state index in [4.69, 9.17) is 0 Å². The number of rotatable bonds is 5. The second kappa shape index (κ2) is 5.95. The molecule has 5 heteroatoms. The maximum atomic E-state index is 4.59.